The molecule has 1 atom stereocenters. The zero-order chi connectivity index (χ0) is 7.82. The summed E-state index contributed by atoms with van der Waals surface area (Å²) in [4.78, 5) is 0. The molecule has 0 saturated heterocycles. The summed E-state index contributed by atoms with van der Waals surface area (Å²) in [5.41, 5.74) is 11.1. The highest BCUT2D eigenvalue weighted by atomic mass is 14.6. The van der Waals surface area contributed by atoms with Gasteiger partial charge in [-0.1, -0.05) is 19.8 Å². The van der Waals surface area contributed by atoms with Crippen LogP contribution in [-0.2, 0) is 0 Å². The minimum Gasteiger partial charge on any atom is -0.330 e. The van der Waals surface area contributed by atoms with Crippen LogP contribution in [0, 0.1) is 0 Å². The van der Waals surface area contributed by atoms with Gasteiger partial charge < -0.3 is 11.5 Å². The van der Waals surface area contributed by atoms with Gasteiger partial charge in [0.05, 0.1) is 0 Å². The second-order valence-corrected chi connectivity index (χ2v) is 2.83. The average Bonchev–Trinajstić information content (AvgIpc) is 1.89. The molecule has 0 radical (unpaired) electrons. The standard InChI is InChI=1S/C8H20N2/c1-2-5-8(10)6-3-4-7-9/h8H,2-7,9-10H2,1H3/t8-/m0/s1. The molecule has 4 N–H and O–H groups in total. The highest BCUT2D eigenvalue weighted by Crippen LogP contribution is 2.02. The minimum atomic E-state index is 0.413. The molecule has 2 heteroatoms. The molecule has 0 aromatic heterocycles. The average molecular weight is 144 g/mol. The molecule has 0 amide bonds. The third-order valence-electron chi connectivity index (χ3n) is 1.69. The second kappa shape index (κ2) is 7.03. The normalized spacial score (nSPS) is 13.5. The fourth-order valence-corrected chi connectivity index (χ4v) is 1.07. The Labute approximate surface area is 64.0 Å². The van der Waals surface area contributed by atoms with Crippen molar-refractivity contribution in [2.45, 2.75) is 45.1 Å². The van der Waals surface area contributed by atoms with Crippen molar-refractivity contribution < 1.29 is 0 Å². The third kappa shape index (κ3) is 6.05. The van der Waals surface area contributed by atoms with Crippen molar-refractivity contribution in [3.8, 4) is 0 Å². The van der Waals surface area contributed by atoms with Crippen LogP contribution in [-0.4, -0.2) is 12.6 Å². The molecule has 0 saturated carbocycles. The van der Waals surface area contributed by atoms with E-state index in [1.165, 1.54) is 12.8 Å². The third-order valence-corrected chi connectivity index (χ3v) is 1.69. The quantitative estimate of drug-likeness (QED) is 0.551. The van der Waals surface area contributed by atoms with Gasteiger partial charge in [0.2, 0.25) is 0 Å². The summed E-state index contributed by atoms with van der Waals surface area (Å²) in [6, 6.07) is 0.413. The Hall–Kier alpha value is -0.0800. The van der Waals surface area contributed by atoms with Gasteiger partial charge in [0, 0.05) is 6.04 Å². The van der Waals surface area contributed by atoms with Crippen LogP contribution in [0.3, 0.4) is 0 Å². The predicted octanol–water partition coefficient (Wildman–Crippen LogP) is 1.24. The Kier molecular flexibility index (Phi) is 6.98. The smallest absolute Gasteiger partial charge is 0.00387 e. The number of unbranched alkanes of at least 4 members (excludes halogenated alkanes) is 1. The first-order chi connectivity index (χ1) is 4.81. The lowest BCUT2D eigenvalue weighted by Crippen LogP contribution is -2.19. The van der Waals surface area contributed by atoms with Crippen LogP contribution in [0.5, 0.6) is 0 Å². The van der Waals surface area contributed by atoms with Gasteiger partial charge in [0.25, 0.3) is 0 Å². The van der Waals surface area contributed by atoms with Crippen LogP contribution < -0.4 is 11.5 Å². The van der Waals surface area contributed by atoms with E-state index in [0.717, 1.165) is 25.8 Å². The van der Waals surface area contributed by atoms with E-state index in [1.54, 1.807) is 0 Å². The predicted molar refractivity (Wildman–Crippen MR) is 45.8 cm³/mol. The van der Waals surface area contributed by atoms with Gasteiger partial charge in [-0.05, 0) is 25.8 Å². The monoisotopic (exact) mass is 144 g/mol. The summed E-state index contributed by atoms with van der Waals surface area (Å²) >= 11 is 0. The van der Waals surface area contributed by atoms with Crippen molar-refractivity contribution in [2.75, 3.05) is 6.54 Å². The Morgan fingerprint density at radius 1 is 1.20 bits per heavy atom. The van der Waals surface area contributed by atoms with Gasteiger partial charge in [-0.2, -0.15) is 0 Å². The van der Waals surface area contributed by atoms with Gasteiger partial charge in [0.15, 0.2) is 0 Å². The molecule has 0 spiro atoms. The summed E-state index contributed by atoms with van der Waals surface area (Å²) < 4.78 is 0. The molecule has 0 aliphatic heterocycles. The van der Waals surface area contributed by atoms with E-state index in [-0.39, 0.29) is 0 Å². The summed E-state index contributed by atoms with van der Waals surface area (Å²) in [5, 5.41) is 0. The summed E-state index contributed by atoms with van der Waals surface area (Å²) in [7, 11) is 0. The molecule has 62 valence electrons. The van der Waals surface area contributed by atoms with Gasteiger partial charge in [0.1, 0.15) is 0 Å². The minimum absolute atomic E-state index is 0.413. The first-order valence-electron chi connectivity index (χ1n) is 4.27. The van der Waals surface area contributed by atoms with Crippen molar-refractivity contribution in [3.05, 3.63) is 0 Å². The number of hydrogen-bond donors (Lipinski definition) is 2. The van der Waals surface area contributed by atoms with Crippen LogP contribution in [0.15, 0.2) is 0 Å². The molecule has 0 aromatic carbocycles. The van der Waals surface area contributed by atoms with Crippen LogP contribution in [0.2, 0.25) is 0 Å². The van der Waals surface area contributed by atoms with Gasteiger partial charge >= 0.3 is 0 Å². The Morgan fingerprint density at radius 2 is 1.90 bits per heavy atom. The van der Waals surface area contributed by atoms with Crippen LogP contribution in [0.1, 0.15) is 39.0 Å². The van der Waals surface area contributed by atoms with E-state index in [1.807, 2.05) is 0 Å². The summed E-state index contributed by atoms with van der Waals surface area (Å²) in [6.45, 7) is 2.97. The molecular formula is C8H20N2. The van der Waals surface area contributed by atoms with E-state index in [4.69, 9.17) is 11.5 Å². The van der Waals surface area contributed by atoms with E-state index in [9.17, 15) is 0 Å². The zero-order valence-corrected chi connectivity index (χ0v) is 6.97. The topological polar surface area (TPSA) is 52.0 Å². The first-order valence-corrected chi connectivity index (χ1v) is 4.27. The lowest BCUT2D eigenvalue weighted by molar-refractivity contribution is 0.529. The lowest BCUT2D eigenvalue weighted by atomic mass is 10.1. The SMILES string of the molecule is CCC[C@H](N)CCCCN. The fourth-order valence-electron chi connectivity index (χ4n) is 1.07. The van der Waals surface area contributed by atoms with Crippen molar-refractivity contribution in [1.29, 1.82) is 0 Å². The van der Waals surface area contributed by atoms with E-state index >= 15 is 0 Å². The van der Waals surface area contributed by atoms with Crippen molar-refractivity contribution in [2.24, 2.45) is 11.5 Å². The van der Waals surface area contributed by atoms with E-state index < -0.39 is 0 Å². The Morgan fingerprint density at radius 3 is 2.40 bits per heavy atom. The first kappa shape index (κ1) is 9.92. The molecule has 0 aliphatic carbocycles. The van der Waals surface area contributed by atoms with Gasteiger partial charge in [-0.3, -0.25) is 0 Å². The molecule has 0 fully saturated rings. The number of nitrogens with two attached hydrogens (primary N) is 2. The number of hydrogen-bond acceptors (Lipinski definition) is 2. The van der Waals surface area contributed by atoms with Crippen molar-refractivity contribution in [3.63, 3.8) is 0 Å². The molecule has 0 rings (SSSR count). The van der Waals surface area contributed by atoms with E-state index in [0.29, 0.717) is 6.04 Å². The Balaban J connectivity index is 2.97. The molecule has 0 aliphatic rings. The molecule has 2 nitrogen and oxygen atoms in total. The molecule has 0 heterocycles. The molecular weight excluding hydrogens is 124 g/mol. The maximum atomic E-state index is 5.78. The van der Waals surface area contributed by atoms with Crippen LogP contribution >= 0.6 is 0 Å². The second-order valence-electron chi connectivity index (χ2n) is 2.83. The number of rotatable bonds is 6. The summed E-state index contributed by atoms with van der Waals surface area (Å²) in [6.07, 6.45) is 5.81. The fraction of sp³-hybridized carbons (Fsp3) is 1.00. The van der Waals surface area contributed by atoms with Crippen molar-refractivity contribution in [1.82, 2.24) is 0 Å². The highest BCUT2D eigenvalue weighted by molar-refractivity contribution is 4.59. The largest absolute Gasteiger partial charge is 0.330 e. The summed E-state index contributed by atoms with van der Waals surface area (Å²) in [5.74, 6) is 0. The van der Waals surface area contributed by atoms with Crippen LogP contribution in [0.25, 0.3) is 0 Å². The highest BCUT2D eigenvalue weighted by Gasteiger charge is 1.98. The molecule has 0 bridgehead atoms. The van der Waals surface area contributed by atoms with Gasteiger partial charge in [-0.25, -0.2) is 0 Å². The van der Waals surface area contributed by atoms with E-state index in [2.05, 4.69) is 6.92 Å². The maximum absolute atomic E-state index is 5.78. The zero-order valence-electron chi connectivity index (χ0n) is 6.97. The van der Waals surface area contributed by atoms with Gasteiger partial charge in [-0.15, -0.1) is 0 Å². The molecule has 0 unspecified atom stereocenters. The van der Waals surface area contributed by atoms with Crippen molar-refractivity contribution >= 4 is 0 Å². The molecule has 10 heavy (non-hydrogen) atoms. The van der Waals surface area contributed by atoms with Crippen LogP contribution in [0.4, 0.5) is 0 Å². The Bertz CT molecular complexity index is 64.3. The lowest BCUT2D eigenvalue weighted by Gasteiger charge is -2.08. The maximum Gasteiger partial charge on any atom is 0.00387 e. The molecule has 0 aromatic rings.